The molecule has 2 amide bonds. The summed E-state index contributed by atoms with van der Waals surface area (Å²) in [5.41, 5.74) is 0.350. The Hall–Kier alpha value is -2.48. The van der Waals surface area contributed by atoms with Crippen LogP contribution in [0.2, 0.25) is 5.02 Å². The average molecular weight is 399 g/mol. The number of amides is 2. The fraction of sp³-hybridized carbons (Fsp3) is 0.333. The Morgan fingerprint density at radius 2 is 1.89 bits per heavy atom. The van der Waals surface area contributed by atoms with E-state index in [1.54, 1.807) is 23.2 Å². The molecule has 1 N–H and O–H groups in total. The Balaban J connectivity index is 1.56. The van der Waals surface area contributed by atoms with Gasteiger partial charge in [0.2, 0.25) is 0 Å². The van der Waals surface area contributed by atoms with Crippen LogP contribution in [-0.2, 0) is 12.7 Å². The summed E-state index contributed by atoms with van der Waals surface area (Å²) < 4.78 is 39.1. The molecule has 0 radical (unpaired) electrons. The number of rotatable bonds is 3. The highest BCUT2D eigenvalue weighted by Gasteiger charge is 2.34. The minimum atomic E-state index is -4.50. The monoisotopic (exact) mass is 398 g/mol. The quantitative estimate of drug-likeness (QED) is 0.855. The summed E-state index contributed by atoms with van der Waals surface area (Å²) in [7, 11) is 0. The normalized spacial score (nSPS) is 15.0. The van der Waals surface area contributed by atoms with Gasteiger partial charge < -0.3 is 15.1 Å². The van der Waals surface area contributed by atoms with E-state index in [0.717, 1.165) is 11.8 Å². The van der Waals surface area contributed by atoms with E-state index in [4.69, 9.17) is 11.6 Å². The third kappa shape index (κ3) is 4.82. The summed E-state index contributed by atoms with van der Waals surface area (Å²) >= 11 is 5.67. The van der Waals surface area contributed by atoms with Crippen LogP contribution in [0.3, 0.4) is 0 Å². The molecule has 1 aliphatic rings. The van der Waals surface area contributed by atoms with Crippen LogP contribution in [0.25, 0.3) is 0 Å². The lowest BCUT2D eigenvalue weighted by atomic mass is 10.1. The van der Waals surface area contributed by atoms with Crippen LogP contribution < -0.4 is 10.2 Å². The van der Waals surface area contributed by atoms with Crippen LogP contribution >= 0.6 is 11.6 Å². The molecule has 0 aliphatic carbocycles. The smallest absolute Gasteiger partial charge is 0.368 e. The third-order valence-electron chi connectivity index (χ3n) is 4.33. The SMILES string of the molecule is O=C(NCc1ccccn1)N1CCN(c2ccc(Cl)c(C(F)(F)F)c2)CC1. The maximum Gasteiger partial charge on any atom is 0.417 e. The van der Waals surface area contributed by atoms with Crippen molar-refractivity contribution < 1.29 is 18.0 Å². The second-order valence-electron chi connectivity index (χ2n) is 6.12. The molecule has 27 heavy (non-hydrogen) atoms. The summed E-state index contributed by atoms with van der Waals surface area (Å²) in [6, 6.07) is 9.11. The van der Waals surface area contributed by atoms with Gasteiger partial charge in [-0.2, -0.15) is 13.2 Å². The molecule has 0 bridgehead atoms. The molecule has 1 aromatic heterocycles. The average Bonchev–Trinajstić information content (AvgIpc) is 2.66. The summed E-state index contributed by atoms with van der Waals surface area (Å²) in [6.07, 6.45) is -2.85. The van der Waals surface area contributed by atoms with Crippen molar-refractivity contribution in [1.29, 1.82) is 0 Å². The summed E-state index contributed by atoms with van der Waals surface area (Å²) in [6.45, 7) is 2.04. The molecule has 1 fully saturated rings. The lowest BCUT2D eigenvalue weighted by Crippen LogP contribution is -2.51. The van der Waals surface area contributed by atoms with Gasteiger partial charge in [-0.05, 0) is 30.3 Å². The Labute approximate surface area is 159 Å². The number of carbonyl (C=O) groups excluding carboxylic acids is 1. The zero-order valence-corrected chi connectivity index (χ0v) is 15.1. The zero-order valence-electron chi connectivity index (χ0n) is 14.3. The van der Waals surface area contributed by atoms with Crippen molar-refractivity contribution in [1.82, 2.24) is 15.2 Å². The number of urea groups is 1. The van der Waals surface area contributed by atoms with Gasteiger partial charge in [0.25, 0.3) is 0 Å². The highest BCUT2D eigenvalue weighted by Crippen LogP contribution is 2.37. The number of piperazine rings is 1. The van der Waals surface area contributed by atoms with Crippen LogP contribution in [0.15, 0.2) is 42.6 Å². The molecule has 0 atom stereocenters. The van der Waals surface area contributed by atoms with E-state index < -0.39 is 11.7 Å². The van der Waals surface area contributed by atoms with Crippen molar-refractivity contribution in [3.8, 4) is 0 Å². The van der Waals surface area contributed by atoms with Gasteiger partial charge in [0, 0.05) is 38.1 Å². The first-order valence-electron chi connectivity index (χ1n) is 8.39. The topological polar surface area (TPSA) is 48.5 Å². The molecule has 144 valence electrons. The number of alkyl halides is 3. The molecule has 0 unspecified atom stereocenters. The van der Waals surface area contributed by atoms with Crippen molar-refractivity contribution >= 4 is 23.3 Å². The van der Waals surface area contributed by atoms with E-state index in [2.05, 4.69) is 10.3 Å². The predicted molar refractivity (Wildman–Crippen MR) is 96.7 cm³/mol. The van der Waals surface area contributed by atoms with Gasteiger partial charge in [-0.25, -0.2) is 4.79 Å². The summed E-state index contributed by atoms with van der Waals surface area (Å²) in [5.74, 6) is 0. The Morgan fingerprint density at radius 3 is 2.52 bits per heavy atom. The van der Waals surface area contributed by atoms with Crippen LogP contribution in [0.5, 0.6) is 0 Å². The fourth-order valence-corrected chi connectivity index (χ4v) is 3.10. The van der Waals surface area contributed by atoms with Crippen LogP contribution in [0.1, 0.15) is 11.3 Å². The Kier molecular flexibility index (Phi) is 5.74. The number of pyridine rings is 1. The van der Waals surface area contributed by atoms with Crippen molar-refractivity contribution in [2.45, 2.75) is 12.7 Å². The van der Waals surface area contributed by atoms with Crippen LogP contribution in [0, 0.1) is 0 Å². The van der Waals surface area contributed by atoms with Gasteiger partial charge in [-0.3, -0.25) is 4.98 Å². The van der Waals surface area contributed by atoms with Gasteiger partial charge in [-0.15, -0.1) is 0 Å². The van der Waals surface area contributed by atoms with Crippen LogP contribution in [0.4, 0.5) is 23.7 Å². The van der Waals surface area contributed by atoms with Gasteiger partial charge in [0.15, 0.2) is 0 Å². The largest absolute Gasteiger partial charge is 0.417 e. The first kappa shape index (κ1) is 19.3. The molecule has 1 aromatic carbocycles. The molecule has 0 saturated carbocycles. The number of halogens is 4. The van der Waals surface area contributed by atoms with E-state index in [-0.39, 0.29) is 11.1 Å². The third-order valence-corrected chi connectivity index (χ3v) is 4.66. The number of hydrogen-bond donors (Lipinski definition) is 1. The summed E-state index contributed by atoms with van der Waals surface area (Å²) in [5, 5.41) is 2.48. The fourth-order valence-electron chi connectivity index (χ4n) is 2.88. The molecule has 2 aromatic rings. The van der Waals surface area contributed by atoms with Gasteiger partial charge in [0.05, 0.1) is 22.8 Å². The second kappa shape index (κ2) is 8.04. The molecule has 1 saturated heterocycles. The first-order chi connectivity index (χ1) is 12.8. The Bertz CT molecular complexity index is 793. The minimum absolute atomic E-state index is 0.215. The molecule has 3 rings (SSSR count). The molecule has 9 heteroatoms. The van der Waals surface area contributed by atoms with Crippen molar-refractivity contribution in [2.24, 2.45) is 0 Å². The number of carbonyl (C=O) groups is 1. The van der Waals surface area contributed by atoms with E-state index >= 15 is 0 Å². The standard InChI is InChI=1S/C18H18ClF3N4O/c19-16-5-4-14(11-15(16)18(20,21)22)25-7-9-26(10-8-25)17(27)24-12-13-3-1-2-6-23-13/h1-6,11H,7-10,12H2,(H,24,27). The van der Waals surface area contributed by atoms with E-state index in [1.165, 1.54) is 6.07 Å². The van der Waals surface area contributed by atoms with E-state index in [0.29, 0.717) is 38.4 Å². The first-order valence-corrected chi connectivity index (χ1v) is 8.77. The van der Waals surface area contributed by atoms with Crippen molar-refractivity contribution in [3.63, 3.8) is 0 Å². The zero-order chi connectivity index (χ0) is 19.4. The molecule has 5 nitrogen and oxygen atoms in total. The number of aromatic nitrogens is 1. The van der Waals surface area contributed by atoms with Crippen LogP contribution in [-0.4, -0.2) is 42.1 Å². The molecule has 2 heterocycles. The maximum atomic E-state index is 13.0. The van der Waals surface area contributed by atoms with E-state index in [1.807, 2.05) is 17.0 Å². The number of benzene rings is 1. The predicted octanol–water partition coefficient (Wildman–Crippen LogP) is 3.79. The molecular weight excluding hydrogens is 381 g/mol. The molecular formula is C18H18ClF3N4O. The van der Waals surface area contributed by atoms with Gasteiger partial charge in [0.1, 0.15) is 0 Å². The lowest BCUT2D eigenvalue weighted by molar-refractivity contribution is -0.137. The lowest BCUT2D eigenvalue weighted by Gasteiger charge is -2.36. The summed E-state index contributed by atoms with van der Waals surface area (Å²) in [4.78, 5) is 19.8. The second-order valence-corrected chi connectivity index (χ2v) is 6.52. The van der Waals surface area contributed by atoms with Crippen molar-refractivity contribution in [3.05, 3.63) is 58.9 Å². The number of nitrogens with zero attached hydrogens (tertiary/aromatic N) is 3. The number of nitrogens with one attached hydrogen (secondary N) is 1. The maximum absolute atomic E-state index is 13.0. The molecule has 0 spiro atoms. The van der Waals surface area contributed by atoms with Gasteiger partial charge in [-0.1, -0.05) is 17.7 Å². The molecule has 1 aliphatic heterocycles. The van der Waals surface area contributed by atoms with Crippen molar-refractivity contribution in [2.75, 3.05) is 31.1 Å². The number of anilines is 1. The van der Waals surface area contributed by atoms with Gasteiger partial charge >= 0.3 is 12.2 Å². The number of hydrogen-bond acceptors (Lipinski definition) is 3. The minimum Gasteiger partial charge on any atom is -0.368 e. The van der Waals surface area contributed by atoms with E-state index in [9.17, 15) is 18.0 Å². The Morgan fingerprint density at radius 1 is 1.15 bits per heavy atom. The highest BCUT2D eigenvalue weighted by atomic mass is 35.5. The highest BCUT2D eigenvalue weighted by molar-refractivity contribution is 6.31.